The molecular weight excluding hydrogens is 263 g/mol. The first-order chi connectivity index (χ1) is 7.15. The fraction of sp³-hybridized carbons (Fsp3) is 0.182. The Labute approximate surface area is 95.9 Å². The average Bonchev–Trinajstić information content (AvgIpc) is 2.22. The van der Waals surface area contributed by atoms with Gasteiger partial charge in [0.25, 0.3) is 0 Å². The maximum atomic E-state index is 12.9. The van der Waals surface area contributed by atoms with Gasteiger partial charge in [-0.1, -0.05) is 12.2 Å². The molecule has 1 aromatic carbocycles. The minimum absolute atomic E-state index is 0.193. The minimum atomic E-state index is -0.542. The van der Waals surface area contributed by atoms with E-state index in [0.29, 0.717) is 4.47 Å². The van der Waals surface area contributed by atoms with Crippen LogP contribution in [0.15, 0.2) is 34.8 Å². The molecule has 1 aromatic rings. The number of halogens is 2. The highest BCUT2D eigenvalue weighted by Crippen LogP contribution is 2.18. The van der Waals surface area contributed by atoms with Gasteiger partial charge in [-0.05, 0) is 41.1 Å². The third kappa shape index (κ3) is 3.47. The second kappa shape index (κ2) is 5.66. The Morgan fingerprint density at radius 1 is 1.60 bits per heavy atom. The van der Waals surface area contributed by atoms with E-state index < -0.39 is 11.8 Å². The first-order valence-corrected chi connectivity index (χ1v) is 5.17. The van der Waals surface area contributed by atoms with Gasteiger partial charge in [-0.2, -0.15) is 0 Å². The van der Waals surface area contributed by atoms with Crippen LogP contribution in [0.1, 0.15) is 17.3 Å². The number of carbonyl (C=O) groups excluding carboxylic acids is 1. The van der Waals surface area contributed by atoms with Gasteiger partial charge in [-0.3, -0.25) is 0 Å². The highest BCUT2D eigenvalue weighted by Gasteiger charge is 2.11. The number of ether oxygens (including phenoxy) is 1. The molecule has 15 heavy (non-hydrogen) atoms. The molecule has 4 heteroatoms. The standard InChI is InChI=1S/C11H10BrFO2/c1-2-3-6-15-11(14)9-7-8(13)4-5-10(9)12/h2-5,7H,6H2,1H3/b3-2+. The van der Waals surface area contributed by atoms with E-state index in [1.165, 1.54) is 12.1 Å². The first kappa shape index (κ1) is 11.9. The summed E-state index contributed by atoms with van der Waals surface area (Å²) in [7, 11) is 0. The summed E-state index contributed by atoms with van der Waals surface area (Å²) in [5.74, 6) is -1.00. The Hall–Kier alpha value is -1.16. The highest BCUT2D eigenvalue weighted by atomic mass is 79.9. The van der Waals surface area contributed by atoms with E-state index >= 15 is 0 Å². The molecule has 0 fully saturated rings. The van der Waals surface area contributed by atoms with E-state index in [9.17, 15) is 9.18 Å². The van der Waals surface area contributed by atoms with Gasteiger partial charge in [0.05, 0.1) is 5.56 Å². The van der Waals surface area contributed by atoms with Gasteiger partial charge >= 0.3 is 5.97 Å². The van der Waals surface area contributed by atoms with Crippen molar-refractivity contribution in [3.63, 3.8) is 0 Å². The molecule has 0 spiro atoms. The summed E-state index contributed by atoms with van der Waals surface area (Å²) in [6.07, 6.45) is 3.47. The predicted octanol–water partition coefficient (Wildman–Crippen LogP) is 3.32. The van der Waals surface area contributed by atoms with Crippen molar-refractivity contribution in [3.8, 4) is 0 Å². The van der Waals surface area contributed by atoms with E-state index in [2.05, 4.69) is 15.9 Å². The molecular formula is C11H10BrFO2. The summed E-state index contributed by atoms with van der Waals surface area (Å²) in [5.41, 5.74) is 0.194. The summed E-state index contributed by atoms with van der Waals surface area (Å²) in [4.78, 5) is 11.4. The summed E-state index contributed by atoms with van der Waals surface area (Å²) in [6.45, 7) is 2.02. The minimum Gasteiger partial charge on any atom is -0.458 e. The van der Waals surface area contributed by atoms with Crippen LogP contribution >= 0.6 is 15.9 Å². The van der Waals surface area contributed by atoms with Crippen LogP contribution in [0, 0.1) is 5.82 Å². The van der Waals surface area contributed by atoms with Crippen molar-refractivity contribution in [3.05, 3.63) is 46.2 Å². The molecule has 0 saturated carbocycles. The molecule has 0 unspecified atom stereocenters. The topological polar surface area (TPSA) is 26.3 Å². The molecule has 0 saturated heterocycles. The van der Waals surface area contributed by atoms with Crippen molar-refractivity contribution in [2.45, 2.75) is 6.92 Å². The van der Waals surface area contributed by atoms with E-state index in [0.717, 1.165) is 6.07 Å². The lowest BCUT2D eigenvalue weighted by Crippen LogP contribution is -2.06. The number of hydrogen-bond acceptors (Lipinski definition) is 2. The zero-order chi connectivity index (χ0) is 11.3. The van der Waals surface area contributed by atoms with Gasteiger partial charge in [0, 0.05) is 4.47 Å². The lowest BCUT2D eigenvalue weighted by Gasteiger charge is -2.03. The zero-order valence-electron chi connectivity index (χ0n) is 8.17. The Morgan fingerprint density at radius 2 is 2.33 bits per heavy atom. The Bertz CT molecular complexity index is 388. The highest BCUT2D eigenvalue weighted by molar-refractivity contribution is 9.10. The van der Waals surface area contributed by atoms with Gasteiger partial charge in [0.15, 0.2) is 0 Å². The smallest absolute Gasteiger partial charge is 0.339 e. The Balaban J connectivity index is 2.77. The third-order valence-electron chi connectivity index (χ3n) is 1.69. The summed E-state index contributed by atoms with van der Waals surface area (Å²) in [6, 6.07) is 3.89. The molecule has 0 atom stereocenters. The largest absolute Gasteiger partial charge is 0.458 e. The molecule has 0 aliphatic heterocycles. The van der Waals surface area contributed by atoms with Crippen molar-refractivity contribution in [1.29, 1.82) is 0 Å². The fourth-order valence-corrected chi connectivity index (χ4v) is 1.36. The van der Waals surface area contributed by atoms with Crippen LogP contribution in [-0.2, 0) is 4.74 Å². The quantitative estimate of drug-likeness (QED) is 0.623. The molecule has 0 aromatic heterocycles. The van der Waals surface area contributed by atoms with Gasteiger partial charge < -0.3 is 4.74 Å². The zero-order valence-corrected chi connectivity index (χ0v) is 9.75. The second-order valence-corrected chi connectivity index (χ2v) is 3.65. The van der Waals surface area contributed by atoms with E-state index in [-0.39, 0.29) is 12.2 Å². The molecule has 0 aliphatic carbocycles. The molecule has 2 nitrogen and oxygen atoms in total. The van der Waals surface area contributed by atoms with Crippen LogP contribution in [0.25, 0.3) is 0 Å². The Morgan fingerprint density at radius 3 is 3.00 bits per heavy atom. The lowest BCUT2D eigenvalue weighted by molar-refractivity contribution is 0.0548. The molecule has 0 aliphatic rings. The molecule has 0 radical (unpaired) electrons. The summed E-state index contributed by atoms with van der Waals surface area (Å²) in [5, 5.41) is 0. The van der Waals surface area contributed by atoms with Gasteiger partial charge in [0.1, 0.15) is 12.4 Å². The molecule has 80 valence electrons. The van der Waals surface area contributed by atoms with Crippen molar-refractivity contribution in [2.75, 3.05) is 6.61 Å². The Kier molecular flexibility index (Phi) is 4.49. The molecule has 0 amide bonds. The van der Waals surface area contributed by atoms with Crippen molar-refractivity contribution in [1.82, 2.24) is 0 Å². The number of esters is 1. The number of allylic oxidation sites excluding steroid dienone is 1. The van der Waals surface area contributed by atoms with Gasteiger partial charge in [-0.15, -0.1) is 0 Å². The van der Waals surface area contributed by atoms with Crippen LogP contribution < -0.4 is 0 Å². The number of benzene rings is 1. The van der Waals surface area contributed by atoms with Crippen LogP contribution in [0.4, 0.5) is 4.39 Å². The average molecular weight is 273 g/mol. The van der Waals surface area contributed by atoms with E-state index in [1.807, 2.05) is 6.92 Å². The summed E-state index contributed by atoms with van der Waals surface area (Å²) < 4.78 is 18.3. The monoisotopic (exact) mass is 272 g/mol. The molecule has 0 bridgehead atoms. The number of rotatable bonds is 3. The molecule has 1 rings (SSSR count). The maximum Gasteiger partial charge on any atom is 0.339 e. The van der Waals surface area contributed by atoms with Gasteiger partial charge in [0.2, 0.25) is 0 Å². The normalized spacial score (nSPS) is 10.6. The maximum absolute atomic E-state index is 12.9. The summed E-state index contributed by atoms with van der Waals surface area (Å²) >= 11 is 3.15. The van der Waals surface area contributed by atoms with E-state index in [1.54, 1.807) is 12.2 Å². The van der Waals surface area contributed by atoms with Crippen molar-refractivity contribution in [2.24, 2.45) is 0 Å². The fourth-order valence-electron chi connectivity index (χ4n) is 0.952. The SMILES string of the molecule is C/C=C/COC(=O)c1cc(F)ccc1Br. The second-order valence-electron chi connectivity index (χ2n) is 2.79. The molecule has 0 heterocycles. The first-order valence-electron chi connectivity index (χ1n) is 4.38. The van der Waals surface area contributed by atoms with E-state index in [4.69, 9.17) is 4.74 Å². The predicted molar refractivity (Wildman–Crippen MR) is 59.2 cm³/mol. The van der Waals surface area contributed by atoms with Crippen molar-refractivity contribution >= 4 is 21.9 Å². The van der Waals surface area contributed by atoms with Crippen LogP contribution in [0.5, 0.6) is 0 Å². The van der Waals surface area contributed by atoms with Crippen LogP contribution in [0.2, 0.25) is 0 Å². The third-order valence-corrected chi connectivity index (χ3v) is 2.39. The molecule has 0 N–H and O–H groups in total. The van der Waals surface area contributed by atoms with Crippen LogP contribution in [0.3, 0.4) is 0 Å². The van der Waals surface area contributed by atoms with Crippen molar-refractivity contribution < 1.29 is 13.9 Å². The van der Waals surface area contributed by atoms with Gasteiger partial charge in [-0.25, -0.2) is 9.18 Å². The number of hydrogen-bond donors (Lipinski definition) is 0. The lowest BCUT2D eigenvalue weighted by atomic mass is 10.2. The number of carbonyl (C=O) groups is 1. The van der Waals surface area contributed by atoms with Crippen LogP contribution in [-0.4, -0.2) is 12.6 Å².